The Morgan fingerprint density at radius 2 is 2.40 bits per heavy atom. The molecule has 2 rings (SSSR count). The second-order valence-electron chi connectivity index (χ2n) is 4.31. The van der Waals surface area contributed by atoms with Gasteiger partial charge in [0, 0.05) is 31.2 Å². The minimum atomic E-state index is -0.0752. The molecule has 6 heteroatoms. The normalized spacial score (nSPS) is 21.8. The lowest BCUT2D eigenvalue weighted by atomic mass is 10.1. The molecule has 1 aliphatic rings. The van der Waals surface area contributed by atoms with Crippen LogP contribution in [0.4, 0.5) is 0 Å². The molecule has 0 aliphatic carbocycles. The highest BCUT2D eigenvalue weighted by Gasteiger charge is 2.27. The lowest BCUT2D eigenvalue weighted by Crippen LogP contribution is -2.47. The van der Waals surface area contributed by atoms with E-state index in [0.29, 0.717) is 4.34 Å². The van der Waals surface area contributed by atoms with Crippen molar-refractivity contribution in [3.63, 3.8) is 0 Å². The van der Waals surface area contributed by atoms with Crippen molar-refractivity contribution in [1.82, 2.24) is 14.5 Å². The molecule has 2 heterocycles. The molecule has 1 aliphatic heterocycles. The summed E-state index contributed by atoms with van der Waals surface area (Å²) in [4.78, 5) is 2.30. The van der Waals surface area contributed by atoms with Crippen molar-refractivity contribution in [3.05, 3.63) is 10.0 Å². The maximum absolute atomic E-state index is 5.97. The van der Waals surface area contributed by atoms with Crippen LogP contribution in [-0.4, -0.2) is 39.8 Å². The predicted octanol–water partition coefficient (Wildman–Crippen LogP) is 1.80. The van der Waals surface area contributed by atoms with Gasteiger partial charge in [-0.1, -0.05) is 16.1 Å². The summed E-state index contributed by atoms with van der Waals surface area (Å²) in [6.07, 6.45) is 0. The SMILES string of the molecule is CC1(C)CN(Cc2nnsc2Cl)CCO1. The maximum atomic E-state index is 5.97. The molecule has 1 fully saturated rings. The summed E-state index contributed by atoms with van der Waals surface area (Å²) in [5.41, 5.74) is 0.799. The Kier molecular flexibility index (Phi) is 3.25. The summed E-state index contributed by atoms with van der Waals surface area (Å²) in [6, 6.07) is 0. The molecule has 0 atom stereocenters. The molecular weight excluding hydrogens is 234 g/mol. The van der Waals surface area contributed by atoms with Crippen LogP contribution in [0.25, 0.3) is 0 Å². The van der Waals surface area contributed by atoms with E-state index in [2.05, 4.69) is 28.3 Å². The van der Waals surface area contributed by atoms with E-state index in [0.717, 1.165) is 31.9 Å². The van der Waals surface area contributed by atoms with Gasteiger partial charge in [0.1, 0.15) is 10.0 Å². The number of ether oxygens (including phenoxy) is 1. The van der Waals surface area contributed by atoms with E-state index in [9.17, 15) is 0 Å². The van der Waals surface area contributed by atoms with Crippen LogP contribution < -0.4 is 0 Å². The molecule has 0 radical (unpaired) electrons. The largest absolute Gasteiger partial charge is 0.373 e. The Bertz CT molecular complexity index is 342. The molecule has 15 heavy (non-hydrogen) atoms. The van der Waals surface area contributed by atoms with Crippen LogP contribution in [0.2, 0.25) is 4.34 Å². The number of hydrogen-bond acceptors (Lipinski definition) is 5. The monoisotopic (exact) mass is 247 g/mol. The minimum Gasteiger partial charge on any atom is -0.373 e. The molecule has 0 saturated carbocycles. The van der Waals surface area contributed by atoms with E-state index in [1.165, 1.54) is 11.5 Å². The zero-order valence-corrected chi connectivity index (χ0v) is 10.4. The van der Waals surface area contributed by atoms with Crippen molar-refractivity contribution in [2.24, 2.45) is 0 Å². The molecule has 0 amide bonds. The van der Waals surface area contributed by atoms with Gasteiger partial charge in [0.05, 0.1) is 12.2 Å². The van der Waals surface area contributed by atoms with Gasteiger partial charge in [-0.2, -0.15) is 0 Å². The lowest BCUT2D eigenvalue weighted by molar-refractivity contribution is -0.0885. The number of aromatic nitrogens is 2. The quantitative estimate of drug-likeness (QED) is 0.799. The van der Waals surface area contributed by atoms with Crippen molar-refractivity contribution < 1.29 is 4.74 Å². The van der Waals surface area contributed by atoms with Gasteiger partial charge in [0.2, 0.25) is 0 Å². The zero-order valence-electron chi connectivity index (χ0n) is 8.86. The standard InChI is InChI=1S/C9H14ClN3OS/c1-9(2)6-13(3-4-14-9)5-7-8(10)15-12-11-7/h3-6H2,1-2H3. The second kappa shape index (κ2) is 4.33. The second-order valence-corrected chi connectivity index (χ2v) is 5.67. The van der Waals surface area contributed by atoms with Crippen molar-refractivity contribution >= 4 is 23.1 Å². The number of morpholine rings is 1. The van der Waals surface area contributed by atoms with Crippen molar-refractivity contribution in [2.75, 3.05) is 19.7 Å². The fourth-order valence-corrected chi connectivity index (χ4v) is 2.36. The number of hydrogen-bond donors (Lipinski definition) is 0. The average Bonchev–Trinajstić information content (AvgIpc) is 2.50. The lowest BCUT2D eigenvalue weighted by Gasteiger charge is -2.37. The van der Waals surface area contributed by atoms with Crippen molar-refractivity contribution in [3.8, 4) is 0 Å². The van der Waals surface area contributed by atoms with Crippen molar-refractivity contribution in [2.45, 2.75) is 26.0 Å². The van der Waals surface area contributed by atoms with Crippen molar-refractivity contribution in [1.29, 1.82) is 0 Å². The van der Waals surface area contributed by atoms with Gasteiger partial charge in [0.25, 0.3) is 0 Å². The van der Waals surface area contributed by atoms with Gasteiger partial charge >= 0.3 is 0 Å². The fourth-order valence-electron chi connectivity index (χ4n) is 1.75. The van der Waals surface area contributed by atoms with Gasteiger partial charge in [-0.3, -0.25) is 4.90 Å². The van der Waals surface area contributed by atoms with E-state index < -0.39 is 0 Å². The first-order valence-corrected chi connectivity index (χ1v) is 6.05. The highest BCUT2D eigenvalue weighted by atomic mass is 35.5. The zero-order chi connectivity index (χ0) is 10.9. The topological polar surface area (TPSA) is 38.2 Å². The molecule has 0 bridgehead atoms. The summed E-state index contributed by atoms with van der Waals surface area (Å²) >= 11 is 7.20. The smallest absolute Gasteiger partial charge is 0.138 e. The first kappa shape index (κ1) is 11.3. The first-order valence-electron chi connectivity index (χ1n) is 4.90. The van der Waals surface area contributed by atoms with Crippen LogP contribution in [-0.2, 0) is 11.3 Å². The van der Waals surface area contributed by atoms with Gasteiger partial charge in [-0.05, 0) is 13.8 Å². The van der Waals surface area contributed by atoms with Gasteiger partial charge in [-0.25, -0.2) is 0 Å². The van der Waals surface area contributed by atoms with Crippen LogP contribution >= 0.6 is 23.1 Å². The summed E-state index contributed by atoms with van der Waals surface area (Å²) in [7, 11) is 0. The Morgan fingerprint density at radius 3 is 3.00 bits per heavy atom. The maximum Gasteiger partial charge on any atom is 0.138 e. The van der Waals surface area contributed by atoms with E-state index in [1.807, 2.05) is 0 Å². The van der Waals surface area contributed by atoms with Crippen LogP contribution in [0, 0.1) is 0 Å². The summed E-state index contributed by atoms with van der Waals surface area (Å²) in [5.74, 6) is 0. The summed E-state index contributed by atoms with van der Waals surface area (Å²) in [5, 5.41) is 4.01. The number of halogens is 1. The Balaban J connectivity index is 1.98. The Labute approximate surface area is 98.3 Å². The van der Waals surface area contributed by atoms with Crippen LogP contribution in [0.5, 0.6) is 0 Å². The molecule has 4 nitrogen and oxygen atoms in total. The van der Waals surface area contributed by atoms with E-state index in [-0.39, 0.29) is 5.60 Å². The highest BCUT2D eigenvalue weighted by molar-refractivity contribution is 7.10. The van der Waals surface area contributed by atoms with Crippen LogP contribution in [0.3, 0.4) is 0 Å². The van der Waals surface area contributed by atoms with Gasteiger partial charge < -0.3 is 4.74 Å². The number of nitrogens with zero attached hydrogens (tertiary/aromatic N) is 3. The number of rotatable bonds is 2. The van der Waals surface area contributed by atoms with Crippen LogP contribution in [0.1, 0.15) is 19.5 Å². The van der Waals surface area contributed by atoms with E-state index in [1.54, 1.807) is 0 Å². The molecule has 1 aromatic rings. The van der Waals surface area contributed by atoms with Gasteiger partial charge in [-0.15, -0.1) is 5.10 Å². The summed E-state index contributed by atoms with van der Waals surface area (Å²) in [6.45, 7) is 7.56. The minimum absolute atomic E-state index is 0.0752. The third-order valence-corrected chi connectivity index (χ3v) is 3.37. The third-order valence-electron chi connectivity index (χ3n) is 2.39. The molecule has 0 spiro atoms. The molecular formula is C9H14ClN3OS. The molecule has 0 unspecified atom stereocenters. The molecule has 84 valence electrons. The van der Waals surface area contributed by atoms with Crippen LogP contribution in [0.15, 0.2) is 0 Å². The fraction of sp³-hybridized carbons (Fsp3) is 0.778. The highest BCUT2D eigenvalue weighted by Crippen LogP contribution is 2.22. The third kappa shape index (κ3) is 2.87. The molecule has 1 aromatic heterocycles. The summed E-state index contributed by atoms with van der Waals surface area (Å²) < 4.78 is 10.2. The molecule has 0 aromatic carbocycles. The predicted molar refractivity (Wildman–Crippen MR) is 60.2 cm³/mol. The van der Waals surface area contributed by atoms with E-state index >= 15 is 0 Å². The first-order chi connectivity index (χ1) is 7.07. The Morgan fingerprint density at radius 1 is 1.60 bits per heavy atom. The Hall–Kier alpha value is -0.230. The average molecular weight is 248 g/mol. The van der Waals surface area contributed by atoms with E-state index in [4.69, 9.17) is 16.3 Å². The molecule has 0 N–H and O–H groups in total. The van der Waals surface area contributed by atoms with Gasteiger partial charge in [0.15, 0.2) is 0 Å². The molecule has 1 saturated heterocycles.